The van der Waals surface area contributed by atoms with Crippen molar-refractivity contribution in [3.05, 3.63) is 17.0 Å². The summed E-state index contributed by atoms with van der Waals surface area (Å²) in [6.07, 6.45) is 2.86. The summed E-state index contributed by atoms with van der Waals surface area (Å²) in [4.78, 5) is 28.6. The van der Waals surface area contributed by atoms with E-state index in [1.54, 1.807) is 7.11 Å². The fraction of sp³-hybridized carbons (Fsp3) is 0.737. The Morgan fingerprint density at radius 2 is 2.00 bits per heavy atom. The number of hydrogen-bond donors (Lipinski definition) is 0. The summed E-state index contributed by atoms with van der Waals surface area (Å²) in [7, 11) is 1.68. The third-order valence-corrected chi connectivity index (χ3v) is 5.65. The van der Waals surface area contributed by atoms with Crippen molar-refractivity contribution in [3.8, 4) is 0 Å². The van der Waals surface area contributed by atoms with Gasteiger partial charge in [0.05, 0.1) is 18.7 Å². The van der Waals surface area contributed by atoms with Gasteiger partial charge < -0.3 is 19.1 Å². The lowest BCUT2D eigenvalue weighted by Gasteiger charge is -2.34. The summed E-state index contributed by atoms with van der Waals surface area (Å²) in [6.45, 7) is 7.50. The Morgan fingerprint density at radius 3 is 2.62 bits per heavy atom. The molecule has 1 aromatic heterocycles. The summed E-state index contributed by atoms with van der Waals surface area (Å²) in [5.41, 5.74) is 1.70. The maximum absolute atomic E-state index is 12.6. The normalized spacial score (nSPS) is 21.7. The molecule has 0 bridgehead atoms. The Morgan fingerprint density at radius 1 is 1.27 bits per heavy atom. The van der Waals surface area contributed by atoms with Crippen LogP contribution in [0.4, 0.5) is 0 Å². The van der Waals surface area contributed by atoms with Crippen molar-refractivity contribution in [2.24, 2.45) is 11.8 Å². The van der Waals surface area contributed by atoms with E-state index in [4.69, 9.17) is 9.26 Å². The van der Waals surface area contributed by atoms with Crippen molar-refractivity contribution in [3.63, 3.8) is 0 Å². The summed E-state index contributed by atoms with van der Waals surface area (Å²) in [5, 5.41) is 3.92. The maximum Gasteiger partial charge on any atom is 0.227 e. The van der Waals surface area contributed by atoms with Gasteiger partial charge in [-0.05, 0) is 32.6 Å². The molecule has 2 saturated heterocycles. The molecule has 0 radical (unpaired) electrons. The molecule has 2 aliphatic rings. The molecule has 3 rings (SSSR count). The van der Waals surface area contributed by atoms with Gasteiger partial charge in [0.25, 0.3) is 0 Å². The molecule has 0 N–H and O–H groups in total. The number of amides is 2. The van der Waals surface area contributed by atoms with Gasteiger partial charge >= 0.3 is 0 Å². The van der Waals surface area contributed by atoms with E-state index in [0.29, 0.717) is 31.3 Å². The van der Waals surface area contributed by atoms with Gasteiger partial charge in [0.15, 0.2) is 0 Å². The quantitative estimate of drug-likeness (QED) is 0.767. The SMILES string of the molecule is COCC1CC(=O)N(CC2CCN(C(=O)Cc3c(C)noc3C)CC2)C1. The second kappa shape index (κ2) is 8.20. The van der Waals surface area contributed by atoms with Crippen molar-refractivity contribution in [2.75, 3.05) is 39.9 Å². The van der Waals surface area contributed by atoms with E-state index < -0.39 is 0 Å². The van der Waals surface area contributed by atoms with Gasteiger partial charge in [-0.1, -0.05) is 5.16 Å². The number of aryl methyl sites for hydroxylation is 2. The molecule has 3 heterocycles. The number of ether oxygens (including phenoxy) is 1. The van der Waals surface area contributed by atoms with Gasteiger partial charge in [-0.25, -0.2) is 0 Å². The topological polar surface area (TPSA) is 75.9 Å². The molecular weight excluding hydrogens is 334 g/mol. The number of likely N-dealkylation sites (tertiary alicyclic amines) is 2. The van der Waals surface area contributed by atoms with Crippen molar-refractivity contribution in [2.45, 2.75) is 39.5 Å². The van der Waals surface area contributed by atoms with Crippen molar-refractivity contribution in [1.82, 2.24) is 15.0 Å². The molecule has 0 saturated carbocycles. The smallest absolute Gasteiger partial charge is 0.227 e. The van der Waals surface area contributed by atoms with Gasteiger partial charge in [-0.2, -0.15) is 0 Å². The third kappa shape index (κ3) is 4.26. The molecule has 2 aliphatic heterocycles. The lowest BCUT2D eigenvalue weighted by Crippen LogP contribution is -2.42. The van der Waals surface area contributed by atoms with E-state index >= 15 is 0 Å². The number of aromatic nitrogens is 1. The van der Waals surface area contributed by atoms with Gasteiger partial charge in [0.2, 0.25) is 11.8 Å². The molecule has 1 unspecified atom stereocenters. The predicted octanol–water partition coefficient (Wildman–Crippen LogP) is 1.57. The fourth-order valence-corrected chi connectivity index (χ4v) is 4.07. The zero-order valence-corrected chi connectivity index (χ0v) is 16.0. The number of methoxy groups -OCH3 is 1. The van der Waals surface area contributed by atoms with E-state index in [2.05, 4.69) is 5.16 Å². The highest BCUT2D eigenvalue weighted by molar-refractivity contribution is 5.79. The van der Waals surface area contributed by atoms with Crippen LogP contribution in [0.25, 0.3) is 0 Å². The van der Waals surface area contributed by atoms with Crippen molar-refractivity contribution >= 4 is 11.8 Å². The summed E-state index contributed by atoms with van der Waals surface area (Å²) in [5.74, 6) is 1.90. The zero-order valence-electron chi connectivity index (χ0n) is 16.0. The first-order chi connectivity index (χ1) is 12.5. The van der Waals surface area contributed by atoms with E-state index in [-0.39, 0.29) is 11.8 Å². The third-order valence-electron chi connectivity index (χ3n) is 5.65. The zero-order chi connectivity index (χ0) is 18.7. The lowest BCUT2D eigenvalue weighted by molar-refractivity contribution is -0.133. The van der Waals surface area contributed by atoms with E-state index in [1.165, 1.54) is 0 Å². The Bertz CT molecular complexity index is 630. The molecule has 7 nitrogen and oxygen atoms in total. The van der Waals surface area contributed by atoms with Crippen LogP contribution in [0.5, 0.6) is 0 Å². The van der Waals surface area contributed by atoms with Crippen LogP contribution < -0.4 is 0 Å². The first-order valence-corrected chi connectivity index (χ1v) is 9.44. The number of carbonyl (C=O) groups excluding carboxylic acids is 2. The summed E-state index contributed by atoms with van der Waals surface area (Å²) in [6, 6.07) is 0. The lowest BCUT2D eigenvalue weighted by atomic mass is 9.95. The molecule has 7 heteroatoms. The highest BCUT2D eigenvalue weighted by atomic mass is 16.5. The Kier molecular flexibility index (Phi) is 5.96. The Labute approximate surface area is 154 Å². The van der Waals surface area contributed by atoms with Crippen LogP contribution in [-0.4, -0.2) is 66.7 Å². The van der Waals surface area contributed by atoms with Gasteiger partial charge in [0, 0.05) is 51.2 Å². The number of piperidine rings is 1. The second-order valence-corrected chi connectivity index (χ2v) is 7.63. The van der Waals surface area contributed by atoms with Crippen LogP contribution in [0.2, 0.25) is 0 Å². The molecule has 26 heavy (non-hydrogen) atoms. The highest BCUT2D eigenvalue weighted by Crippen LogP contribution is 2.24. The van der Waals surface area contributed by atoms with Crippen molar-refractivity contribution in [1.29, 1.82) is 0 Å². The van der Waals surface area contributed by atoms with Gasteiger partial charge in [-0.3, -0.25) is 9.59 Å². The van der Waals surface area contributed by atoms with Crippen molar-refractivity contribution < 1.29 is 18.8 Å². The first-order valence-electron chi connectivity index (χ1n) is 9.44. The van der Waals surface area contributed by atoms with E-state index in [0.717, 1.165) is 56.0 Å². The molecule has 0 spiro atoms. The average molecular weight is 363 g/mol. The summed E-state index contributed by atoms with van der Waals surface area (Å²) < 4.78 is 10.3. The number of hydrogen-bond acceptors (Lipinski definition) is 5. The fourth-order valence-electron chi connectivity index (χ4n) is 4.07. The summed E-state index contributed by atoms with van der Waals surface area (Å²) >= 11 is 0. The standard InChI is InChI=1S/C19H29N3O4/c1-13-17(14(2)26-20-13)9-19(24)21-6-4-15(5-7-21)10-22-11-16(12-25-3)8-18(22)23/h15-16H,4-12H2,1-3H3. The number of rotatable bonds is 6. The molecular formula is C19H29N3O4. The molecule has 2 amide bonds. The van der Waals surface area contributed by atoms with Crippen LogP contribution in [0.15, 0.2) is 4.52 Å². The molecule has 1 aromatic rings. The maximum atomic E-state index is 12.6. The van der Waals surface area contributed by atoms with Crippen LogP contribution in [0.1, 0.15) is 36.3 Å². The minimum absolute atomic E-state index is 0.134. The molecule has 144 valence electrons. The number of carbonyl (C=O) groups is 2. The van der Waals surface area contributed by atoms with E-state index in [1.807, 2.05) is 23.6 Å². The second-order valence-electron chi connectivity index (χ2n) is 7.63. The van der Waals surface area contributed by atoms with E-state index in [9.17, 15) is 9.59 Å². The largest absolute Gasteiger partial charge is 0.384 e. The van der Waals surface area contributed by atoms with Crippen LogP contribution >= 0.6 is 0 Å². The van der Waals surface area contributed by atoms with Gasteiger partial charge in [-0.15, -0.1) is 0 Å². The predicted molar refractivity (Wildman–Crippen MR) is 95.5 cm³/mol. The monoisotopic (exact) mass is 363 g/mol. The Balaban J connectivity index is 1.45. The minimum atomic E-state index is 0.134. The molecule has 1 atom stereocenters. The molecule has 0 aromatic carbocycles. The molecule has 0 aliphatic carbocycles. The van der Waals surface area contributed by atoms with Crippen LogP contribution in [0, 0.1) is 25.7 Å². The van der Waals surface area contributed by atoms with Crippen LogP contribution in [-0.2, 0) is 20.7 Å². The number of nitrogens with zero attached hydrogens (tertiary/aromatic N) is 3. The average Bonchev–Trinajstić information content (AvgIpc) is 3.12. The van der Waals surface area contributed by atoms with Crippen LogP contribution in [0.3, 0.4) is 0 Å². The Hall–Kier alpha value is -1.89. The highest BCUT2D eigenvalue weighted by Gasteiger charge is 2.32. The minimum Gasteiger partial charge on any atom is -0.384 e. The first kappa shape index (κ1) is 18.9. The molecule has 2 fully saturated rings. The van der Waals surface area contributed by atoms with Gasteiger partial charge in [0.1, 0.15) is 5.76 Å².